The standard InChI is InChI=1S/C48H39N6P.C10H16N2.C4H10O.2C2H3N.2CHF3O3S.Fe/c1-52-43(37-28-16-7-17-29-37)40(34-22-10-4-11-23-34)49-46(52)55(47-50-41(35-24-12-5-13-25-35)44(53(47)2)38-30-18-8-19-31-38)48-51-42(36-26-14-6-15-27-36)45(54(48)3)39-32-20-9-21-33-39;1-10(2,3)7-4-5-8(11)9(12)6-7;1-3-5-4-2;2*1-2-3;2*2-1(3,4)8(5,6)7;/h4-33H,1-3H3;4-6H,11-12H2,1-3H3;3-4H2,1-2H3;2*1H3;2*(H,5,6,7);/q;;;;;;;+2/p-2. The fourth-order valence-electron chi connectivity index (χ4n) is 8.75. The normalized spacial score (nSPS) is 11.0. The second kappa shape index (κ2) is 36.6. The number of anilines is 2. The molecule has 0 radical (unpaired) electrons. The third-order valence-corrected chi connectivity index (χ3v) is 16.6. The van der Waals surface area contributed by atoms with Gasteiger partial charge in [-0.2, -0.15) is 36.9 Å². The van der Waals surface area contributed by atoms with Crippen molar-refractivity contribution in [2.45, 2.75) is 64.9 Å². The maximum atomic E-state index is 10.7. The van der Waals surface area contributed by atoms with Crippen molar-refractivity contribution >= 4 is 56.2 Å². The maximum Gasteiger partial charge on any atom is 2.00 e. The number of hydrogen-bond donors (Lipinski definition) is 2. The van der Waals surface area contributed by atoms with E-state index in [2.05, 4.69) is 238 Å². The zero-order valence-electron chi connectivity index (χ0n) is 53.4. The molecule has 27 heteroatoms. The summed E-state index contributed by atoms with van der Waals surface area (Å²) < 4.78 is 129. The van der Waals surface area contributed by atoms with E-state index in [1.54, 1.807) is 12.1 Å². The van der Waals surface area contributed by atoms with E-state index >= 15 is 0 Å². The molecule has 0 atom stereocenters. The third-order valence-electron chi connectivity index (χ3n) is 13.0. The zero-order valence-corrected chi connectivity index (χ0v) is 57.1. The molecule has 3 aromatic heterocycles. The molecule has 0 fully saturated rings. The van der Waals surface area contributed by atoms with Gasteiger partial charge in [0.1, 0.15) is 24.6 Å². The minimum absolute atomic E-state index is 0. The van der Waals surface area contributed by atoms with Gasteiger partial charge in [-0.3, -0.25) is 0 Å². The van der Waals surface area contributed by atoms with Gasteiger partial charge in [0.05, 0.1) is 57.7 Å². The zero-order chi connectivity index (χ0) is 70.2. The van der Waals surface area contributed by atoms with Crippen LogP contribution in [0.5, 0.6) is 0 Å². The molecule has 0 spiro atoms. The number of nitrogen functional groups attached to an aromatic ring is 2. The molecule has 0 amide bonds. The van der Waals surface area contributed by atoms with Crippen molar-refractivity contribution in [3.05, 3.63) is 206 Å². The smallest absolute Gasteiger partial charge is 0.741 e. The fourth-order valence-corrected chi connectivity index (χ4v) is 11.1. The number of benzene rings is 7. The first-order valence-corrected chi connectivity index (χ1v) is 32.6. The Labute approximate surface area is 562 Å². The van der Waals surface area contributed by atoms with Gasteiger partial charge in [-0.05, 0) is 37.0 Å². The van der Waals surface area contributed by atoms with Crippen LogP contribution in [0.25, 0.3) is 67.5 Å². The fraction of sp³-hybridized carbons (Fsp3) is 0.221. The number of nitrogens with two attached hydrogens (primary N) is 2. The van der Waals surface area contributed by atoms with E-state index < -0.39 is 39.2 Å². The molecule has 3 heterocycles. The average molecular weight is 1410 g/mol. The summed E-state index contributed by atoms with van der Waals surface area (Å²) in [6, 6.07) is 72.5. The van der Waals surface area contributed by atoms with Crippen LogP contribution < -0.4 is 28.2 Å². The predicted molar refractivity (Wildman–Crippen MR) is 358 cm³/mol. The van der Waals surface area contributed by atoms with E-state index in [1.165, 1.54) is 19.4 Å². The van der Waals surface area contributed by atoms with E-state index in [4.69, 9.17) is 67.6 Å². The molecule has 10 aromatic rings. The number of halogens is 6. The predicted octanol–water partition coefficient (Wildman–Crippen LogP) is 14.0. The number of rotatable bonds is 11. The van der Waals surface area contributed by atoms with Gasteiger partial charge >= 0.3 is 28.1 Å². The van der Waals surface area contributed by atoms with Gasteiger partial charge in [-0.25, -0.2) is 31.8 Å². The Morgan fingerprint density at radius 1 is 0.463 bits per heavy atom. The van der Waals surface area contributed by atoms with Gasteiger partial charge in [0.15, 0.2) is 20.2 Å². The monoisotopic (exact) mass is 1400 g/mol. The molecule has 0 saturated carbocycles. The Bertz CT molecular complexity index is 3970. The van der Waals surface area contributed by atoms with E-state index in [0.29, 0.717) is 11.4 Å². The van der Waals surface area contributed by atoms with Gasteiger partial charge in [0.2, 0.25) is 0 Å². The van der Waals surface area contributed by atoms with Crippen LogP contribution in [0.4, 0.5) is 37.7 Å². The van der Waals surface area contributed by atoms with Crippen LogP contribution in [-0.4, -0.2) is 78.8 Å². The number of nitriles is 2. The summed E-state index contributed by atoms with van der Waals surface area (Å²) in [6.45, 7) is 15.0. The van der Waals surface area contributed by atoms with Gasteiger partial charge in [0.25, 0.3) is 0 Å². The van der Waals surface area contributed by atoms with Crippen LogP contribution in [0.3, 0.4) is 0 Å². The third kappa shape index (κ3) is 22.3. The number of hydrogen-bond acceptors (Lipinski definition) is 14. The van der Waals surface area contributed by atoms with Crippen molar-refractivity contribution in [3.8, 4) is 79.7 Å². The number of alkyl halides is 6. The number of ether oxygens (including phenoxy) is 1. The number of aromatic nitrogens is 6. The molecule has 10 rings (SSSR count). The van der Waals surface area contributed by atoms with Gasteiger partial charge < -0.3 is 39.0 Å². The van der Waals surface area contributed by atoms with Crippen LogP contribution in [0.1, 0.15) is 54.0 Å². The summed E-state index contributed by atoms with van der Waals surface area (Å²) in [5, 5.41) is 14.6. The first-order chi connectivity index (χ1) is 44.2. The molecule has 0 saturated heterocycles. The van der Waals surface area contributed by atoms with Crippen molar-refractivity contribution in [1.29, 1.82) is 10.5 Å². The number of nitrogens with zero attached hydrogens (tertiary/aromatic N) is 8. The van der Waals surface area contributed by atoms with Gasteiger partial charge in [0, 0.05) is 81.6 Å². The van der Waals surface area contributed by atoms with Crippen molar-refractivity contribution in [2.75, 3.05) is 24.7 Å². The molecular formula is C68H71F6FeN10O7PS2. The topological polar surface area (TPSA) is 277 Å². The second-order valence-electron chi connectivity index (χ2n) is 20.7. The largest absolute Gasteiger partial charge is 2.00 e. The van der Waals surface area contributed by atoms with E-state index in [9.17, 15) is 26.3 Å². The van der Waals surface area contributed by atoms with E-state index in [1.807, 2.05) is 32.0 Å². The second-order valence-corrected chi connectivity index (χ2v) is 25.3. The Morgan fingerprint density at radius 2 is 0.684 bits per heavy atom. The molecule has 17 nitrogen and oxygen atoms in total. The SMILES string of the molecule is CC#N.CC#N.CC(C)(C)c1ccc(N)c(N)c1.CCOCC.Cn1c(P(c2nc(-c3ccccc3)c(-c3ccccc3)n2C)c2nc(-c3ccccc3)c(-c3ccccc3)n2C)nc(-c2ccccc2)c1-c1ccccc1.O=S(=O)([O-])C(F)(F)F.O=S(=O)([O-])C(F)(F)F.[Fe+2]. The Morgan fingerprint density at radius 3 is 0.863 bits per heavy atom. The Hall–Kier alpha value is -8.94. The molecule has 0 bridgehead atoms. The first kappa shape index (κ1) is 80.3. The van der Waals surface area contributed by atoms with Gasteiger partial charge in [-0.15, -0.1) is 0 Å². The van der Waals surface area contributed by atoms with Crippen molar-refractivity contribution in [3.63, 3.8) is 0 Å². The van der Waals surface area contributed by atoms with Crippen molar-refractivity contribution in [2.24, 2.45) is 21.1 Å². The Kier molecular flexibility index (Phi) is 31.0. The van der Waals surface area contributed by atoms with Crippen molar-refractivity contribution in [1.82, 2.24) is 28.7 Å². The summed E-state index contributed by atoms with van der Waals surface area (Å²) >= 11 is 0. The summed E-state index contributed by atoms with van der Waals surface area (Å²) in [4.78, 5) is 16.9. The summed E-state index contributed by atoms with van der Waals surface area (Å²) in [6.07, 6.45) is 0. The average Bonchev–Trinajstić information content (AvgIpc) is 1.58. The maximum absolute atomic E-state index is 10.7. The first-order valence-electron chi connectivity index (χ1n) is 28.5. The van der Waals surface area contributed by atoms with Crippen LogP contribution in [-0.2, 0) is 68.6 Å². The quantitative estimate of drug-likeness (QED) is 0.0304. The molecule has 0 aliphatic carbocycles. The van der Waals surface area contributed by atoms with Crippen LogP contribution >= 0.6 is 7.92 Å². The molecule has 0 aliphatic rings. The minimum Gasteiger partial charge on any atom is -0.741 e. The van der Waals surface area contributed by atoms with Crippen LogP contribution in [0.2, 0.25) is 0 Å². The van der Waals surface area contributed by atoms with Gasteiger partial charge in [-0.1, -0.05) is 209 Å². The Balaban J connectivity index is 0.000000477. The molecule has 95 heavy (non-hydrogen) atoms. The summed E-state index contributed by atoms with van der Waals surface area (Å²) in [7, 11) is -7.23. The van der Waals surface area contributed by atoms with Crippen LogP contribution in [0, 0.1) is 22.7 Å². The molecule has 7 aromatic carbocycles. The van der Waals surface area contributed by atoms with E-state index in [-0.39, 0.29) is 22.5 Å². The summed E-state index contributed by atoms with van der Waals surface area (Å²) in [5.41, 5.74) is 17.8. The number of imidazole rings is 3. The molecule has 0 unspecified atom stereocenters. The molecular weight excluding hydrogens is 1330 g/mol. The minimum atomic E-state index is -6.09. The summed E-state index contributed by atoms with van der Waals surface area (Å²) in [5.74, 6) is 0. The van der Waals surface area contributed by atoms with Crippen LogP contribution in [0.15, 0.2) is 200 Å². The molecule has 4 N–H and O–H groups in total. The van der Waals surface area contributed by atoms with Crippen molar-refractivity contribution < 1.29 is 74.1 Å². The molecule has 0 aliphatic heterocycles. The van der Waals surface area contributed by atoms with E-state index in [0.717, 1.165) is 97.5 Å². The molecule has 502 valence electrons.